The topological polar surface area (TPSA) is 95.5 Å². The second kappa shape index (κ2) is 11.6. The van der Waals surface area contributed by atoms with Crippen molar-refractivity contribution in [1.82, 2.24) is 5.43 Å². The first-order chi connectivity index (χ1) is 18.5. The fraction of sp³-hybridized carbons (Fsp3) is 0.323. The van der Waals surface area contributed by atoms with Crippen molar-refractivity contribution in [1.29, 1.82) is 0 Å². The lowest BCUT2D eigenvalue weighted by Crippen LogP contribution is -2.25. The van der Waals surface area contributed by atoms with E-state index in [0.29, 0.717) is 34.1 Å². The summed E-state index contributed by atoms with van der Waals surface area (Å²) in [6.45, 7) is 11.2. The van der Waals surface area contributed by atoms with Crippen LogP contribution in [0.15, 0.2) is 71.8 Å². The van der Waals surface area contributed by atoms with Crippen LogP contribution >= 0.6 is 0 Å². The summed E-state index contributed by atoms with van der Waals surface area (Å²) in [5.41, 5.74) is 5.01. The highest BCUT2D eigenvalue weighted by molar-refractivity contribution is 5.92. The predicted octanol–water partition coefficient (Wildman–Crippen LogP) is 5.88. The number of carbonyl (C=O) groups excluding carboxylic acids is 2. The molecule has 1 amide bonds. The molecule has 0 fully saturated rings. The first kappa shape index (κ1) is 27.7. The van der Waals surface area contributed by atoms with Crippen LogP contribution in [0.25, 0.3) is 0 Å². The molecule has 0 spiro atoms. The Morgan fingerprint density at radius 2 is 1.56 bits per heavy atom. The van der Waals surface area contributed by atoms with Crippen LogP contribution in [-0.2, 0) is 10.2 Å². The number of amides is 1. The number of fused-ring (bicyclic) bond motifs is 1. The quantitative estimate of drug-likeness (QED) is 0.161. The fourth-order valence-corrected chi connectivity index (χ4v) is 4.60. The van der Waals surface area contributed by atoms with Crippen LogP contribution in [0.1, 0.15) is 62.5 Å². The van der Waals surface area contributed by atoms with Crippen molar-refractivity contribution in [3.05, 3.63) is 83.4 Å². The van der Waals surface area contributed by atoms with Crippen molar-refractivity contribution < 1.29 is 28.5 Å². The van der Waals surface area contributed by atoms with E-state index in [0.717, 1.165) is 6.42 Å². The third-order valence-corrected chi connectivity index (χ3v) is 6.08. The van der Waals surface area contributed by atoms with Crippen LogP contribution in [-0.4, -0.2) is 31.5 Å². The number of benzene rings is 3. The van der Waals surface area contributed by atoms with Gasteiger partial charge in [0.15, 0.2) is 18.1 Å². The van der Waals surface area contributed by atoms with E-state index in [1.165, 1.54) is 11.8 Å². The zero-order valence-corrected chi connectivity index (χ0v) is 22.9. The Labute approximate surface area is 228 Å². The summed E-state index contributed by atoms with van der Waals surface area (Å²) in [6, 6.07) is 19.5. The zero-order chi connectivity index (χ0) is 28.0. The van der Waals surface area contributed by atoms with Crippen LogP contribution < -0.4 is 24.4 Å². The van der Waals surface area contributed by atoms with E-state index in [-0.39, 0.29) is 30.1 Å². The van der Waals surface area contributed by atoms with Gasteiger partial charge in [0.25, 0.3) is 5.91 Å². The normalized spacial score (nSPS) is 12.8. The van der Waals surface area contributed by atoms with Gasteiger partial charge in [-0.15, -0.1) is 0 Å². The molecule has 204 valence electrons. The highest BCUT2D eigenvalue weighted by Crippen LogP contribution is 2.36. The Morgan fingerprint density at radius 3 is 2.26 bits per heavy atom. The molecule has 0 radical (unpaired) electrons. The Morgan fingerprint density at radius 1 is 0.897 bits per heavy atom. The number of ether oxygens (including phenoxy) is 4. The summed E-state index contributed by atoms with van der Waals surface area (Å²) in [4.78, 5) is 24.6. The number of carbonyl (C=O) groups is 2. The Hall–Kier alpha value is -4.33. The van der Waals surface area contributed by atoms with Gasteiger partial charge in [0.05, 0.1) is 11.8 Å². The van der Waals surface area contributed by atoms with Gasteiger partial charge in [-0.25, -0.2) is 10.2 Å². The Bertz CT molecular complexity index is 1340. The molecule has 8 nitrogen and oxygen atoms in total. The van der Waals surface area contributed by atoms with Gasteiger partial charge >= 0.3 is 5.97 Å². The molecule has 0 bridgehead atoms. The van der Waals surface area contributed by atoms with Crippen LogP contribution in [0, 0.1) is 5.41 Å². The van der Waals surface area contributed by atoms with Crippen molar-refractivity contribution in [2.45, 2.75) is 46.5 Å². The van der Waals surface area contributed by atoms with E-state index in [1.54, 1.807) is 42.5 Å². The standard InChI is InChI=1S/C31H34N2O6/c1-30(2,3)19-31(4,5)23-9-13-24(14-10-23)36-18-28(34)33-32-17-21-6-11-25(12-7-21)39-29(35)22-8-15-26-27(16-22)38-20-37-26/h6-17H,18-20H2,1-5H3,(H,33,34)/b32-17-. The van der Waals surface area contributed by atoms with E-state index in [4.69, 9.17) is 18.9 Å². The van der Waals surface area contributed by atoms with E-state index in [2.05, 4.69) is 45.1 Å². The van der Waals surface area contributed by atoms with Crippen LogP contribution in [0.4, 0.5) is 0 Å². The van der Waals surface area contributed by atoms with E-state index >= 15 is 0 Å². The van der Waals surface area contributed by atoms with Crippen molar-refractivity contribution >= 4 is 18.1 Å². The molecule has 3 aromatic rings. The Kier molecular flexibility index (Phi) is 8.24. The van der Waals surface area contributed by atoms with Gasteiger partial charge in [0.1, 0.15) is 11.5 Å². The van der Waals surface area contributed by atoms with E-state index in [1.807, 2.05) is 24.3 Å². The molecule has 0 saturated heterocycles. The molecule has 1 aliphatic heterocycles. The lowest BCUT2D eigenvalue weighted by molar-refractivity contribution is -0.123. The van der Waals surface area contributed by atoms with E-state index in [9.17, 15) is 9.59 Å². The summed E-state index contributed by atoms with van der Waals surface area (Å²) in [5.74, 6) is 1.22. The molecule has 0 saturated carbocycles. The van der Waals surface area contributed by atoms with Crippen molar-refractivity contribution in [2.24, 2.45) is 10.5 Å². The largest absolute Gasteiger partial charge is 0.484 e. The summed E-state index contributed by atoms with van der Waals surface area (Å²) < 4.78 is 21.6. The average Bonchev–Trinajstić information content (AvgIpc) is 3.35. The number of esters is 1. The monoisotopic (exact) mass is 530 g/mol. The highest BCUT2D eigenvalue weighted by Gasteiger charge is 2.27. The second-order valence-electron chi connectivity index (χ2n) is 11.3. The number of nitrogens with zero attached hydrogens (tertiary/aromatic N) is 1. The molecular formula is C31H34N2O6. The molecule has 1 heterocycles. The summed E-state index contributed by atoms with van der Waals surface area (Å²) >= 11 is 0. The van der Waals surface area contributed by atoms with Crippen molar-refractivity contribution in [3.8, 4) is 23.0 Å². The first-order valence-corrected chi connectivity index (χ1v) is 12.8. The number of nitrogens with one attached hydrogen (secondary N) is 1. The first-order valence-electron chi connectivity index (χ1n) is 12.8. The average molecular weight is 531 g/mol. The molecule has 4 rings (SSSR count). The minimum atomic E-state index is -0.509. The summed E-state index contributed by atoms with van der Waals surface area (Å²) in [7, 11) is 0. The molecule has 0 aromatic heterocycles. The van der Waals surface area contributed by atoms with E-state index < -0.39 is 5.97 Å². The number of rotatable bonds is 9. The molecule has 8 heteroatoms. The second-order valence-corrected chi connectivity index (χ2v) is 11.3. The van der Waals surface area contributed by atoms with Crippen molar-refractivity contribution in [2.75, 3.05) is 13.4 Å². The molecule has 0 aliphatic carbocycles. The smallest absolute Gasteiger partial charge is 0.343 e. The van der Waals surface area contributed by atoms with Gasteiger partial charge in [-0.2, -0.15) is 5.10 Å². The van der Waals surface area contributed by atoms with Crippen molar-refractivity contribution in [3.63, 3.8) is 0 Å². The summed E-state index contributed by atoms with van der Waals surface area (Å²) in [5, 5.41) is 3.97. The van der Waals surface area contributed by atoms with Gasteiger partial charge in [-0.1, -0.05) is 46.8 Å². The highest BCUT2D eigenvalue weighted by atomic mass is 16.7. The van der Waals surface area contributed by atoms with Crippen LogP contribution in [0.2, 0.25) is 0 Å². The molecule has 3 aromatic carbocycles. The number of hydrogen-bond acceptors (Lipinski definition) is 7. The molecular weight excluding hydrogens is 496 g/mol. The van der Waals surface area contributed by atoms with Gasteiger partial charge in [0.2, 0.25) is 6.79 Å². The number of hydrogen-bond donors (Lipinski definition) is 1. The maximum Gasteiger partial charge on any atom is 0.343 e. The number of hydrazone groups is 1. The Balaban J connectivity index is 1.22. The molecule has 1 aliphatic rings. The lowest BCUT2D eigenvalue weighted by Gasteiger charge is -2.33. The van der Waals surface area contributed by atoms with Gasteiger partial charge in [-0.3, -0.25) is 4.79 Å². The molecule has 0 atom stereocenters. The third-order valence-electron chi connectivity index (χ3n) is 6.08. The molecule has 1 N–H and O–H groups in total. The summed E-state index contributed by atoms with van der Waals surface area (Å²) in [6.07, 6.45) is 2.54. The predicted molar refractivity (Wildman–Crippen MR) is 149 cm³/mol. The molecule has 0 unspecified atom stereocenters. The maximum atomic E-state index is 12.4. The fourth-order valence-electron chi connectivity index (χ4n) is 4.60. The third kappa shape index (κ3) is 7.83. The minimum Gasteiger partial charge on any atom is -0.484 e. The van der Waals surface area contributed by atoms with Gasteiger partial charge in [-0.05, 0) is 83.0 Å². The van der Waals surface area contributed by atoms with Crippen LogP contribution in [0.3, 0.4) is 0 Å². The SMILES string of the molecule is CC(C)(C)CC(C)(C)c1ccc(OCC(=O)N/N=C\c2ccc(OC(=O)c3ccc4c(c3)OCO4)cc2)cc1. The van der Waals surface area contributed by atoms with Gasteiger partial charge in [0, 0.05) is 0 Å². The van der Waals surface area contributed by atoms with Crippen LogP contribution in [0.5, 0.6) is 23.0 Å². The zero-order valence-electron chi connectivity index (χ0n) is 22.9. The minimum absolute atomic E-state index is 0.0376. The lowest BCUT2D eigenvalue weighted by atomic mass is 9.72. The maximum absolute atomic E-state index is 12.4. The molecule has 39 heavy (non-hydrogen) atoms. The van der Waals surface area contributed by atoms with Gasteiger partial charge < -0.3 is 18.9 Å².